The van der Waals surface area contributed by atoms with Crippen LogP contribution in [0.4, 0.5) is 0 Å². The van der Waals surface area contributed by atoms with Crippen LogP contribution in [0.15, 0.2) is 0 Å². The Morgan fingerprint density at radius 3 is 0.963 bits per heavy atom. The van der Waals surface area contributed by atoms with E-state index < -0.39 is 0 Å². The first-order valence-electron chi connectivity index (χ1n) is 48.5. The van der Waals surface area contributed by atoms with Crippen molar-refractivity contribution in [1.29, 1.82) is 0 Å². The average Bonchev–Trinajstić information content (AvgIpc) is 1.64. The summed E-state index contributed by atoms with van der Waals surface area (Å²) in [5, 5.41) is 0. The zero-order valence-corrected chi connectivity index (χ0v) is 82.2. The molecule has 0 aromatic carbocycles. The molecule has 11 atom stereocenters. The molecule has 0 heterocycles. The van der Waals surface area contributed by atoms with Gasteiger partial charge in [0.05, 0.1) is 0 Å². The van der Waals surface area contributed by atoms with Gasteiger partial charge in [0, 0.05) is 0 Å². The summed E-state index contributed by atoms with van der Waals surface area (Å²) in [6, 6.07) is 0. The molecule has 13 aliphatic rings. The van der Waals surface area contributed by atoms with Gasteiger partial charge in [-0.25, -0.2) is 0 Å². The molecule has 0 nitrogen and oxygen atoms in total. The van der Waals surface area contributed by atoms with Crippen LogP contribution >= 0.6 is 0 Å². The highest BCUT2D eigenvalue weighted by atomic mass is 14.5. The van der Waals surface area contributed by atoms with Gasteiger partial charge in [-0.05, 0) is 319 Å². The van der Waals surface area contributed by atoms with Crippen molar-refractivity contribution >= 4 is 0 Å². The van der Waals surface area contributed by atoms with E-state index in [1.54, 1.807) is 6.42 Å². The van der Waals surface area contributed by atoms with E-state index in [-0.39, 0.29) is 0 Å². The van der Waals surface area contributed by atoms with Crippen molar-refractivity contribution in [3.05, 3.63) is 0 Å². The molecule has 4 bridgehead atoms. The quantitative estimate of drug-likeness (QED) is 0.264. The minimum Gasteiger partial charge on any atom is -0.0651 e. The highest BCUT2D eigenvalue weighted by Gasteiger charge is 2.48. The molecular formula is C107H210. The molecule has 638 valence electrons. The largest absolute Gasteiger partial charge is 0.0651 e. The summed E-state index contributed by atoms with van der Waals surface area (Å²) in [5.41, 5.74) is 7.78. The second kappa shape index (κ2) is 41.9. The summed E-state index contributed by atoms with van der Waals surface area (Å²) in [6.07, 6.45) is 55.3. The van der Waals surface area contributed by atoms with Crippen molar-refractivity contribution < 1.29 is 0 Å². The van der Waals surface area contributed by atoms with Gasteiger partial charge in [-0.15, -0.1) is 0 Å². The van der Waals surface area contributed by atoms with Gasteiger partial charge in [0.2, 0.25) is 0 Å². The number of fused-ring (bicyclic) bond motifs is 4. The van der Waals surface area contributed by atoms with Crippen molar-refractivity contribution in [1.82, 2.24) is 0 Å². The Kier molecular flexibility index (Phi) is 39.6. The second-order valence-corrected chi connectivity index (χ2v) is 52.5. The van der Waals surface area contributed by atoms with Crippen LogP contribution in [-0.4, -0.2) is 0 Å². The maximum Gasteiger partial charge on any atom is -0.0297 e. The Balaban J connectivity index is 0.000000306. The molecule has 13 saturated carbocycles. The highest BCUT2D eigenvalue weighted by Crippen LogP contribution is 2.58. The molecule has 0 heteroatoms. The van der Waals surface area contributed by atoms with Gasteiger partial charge in [0.25, 0.3) is 0 Å². The summed E-state index contributed by atoms with van der Waals surface area (Å²) in [4.78, 5) is 0. The summed E-state index contributed by atoms with van der Waals surface area (Å²) in [6.45, 7) is 93.6. The molecule has 0 N–H and O–H groups in total. The molecule has 0 saturated heterocycles. The first-order valence-corrected chi connectivity index (χ1v) is 48.5. The van der Waals surface area contributed by atoms with E-state index in [1.165, 1.54) is 238 Å². The van der Waals surface area contributed by atoms with E-state index >= 15 is 0 Å². The minimum atomic E-state index is 0.547. The van der Waals surface area contributed by atoms with Crippen molar-refractivity contribution in [2.24, 2.45) is 171 Å². The van der Waals surface area contributed by atoms with Gasteiger partial charge >= 0.3 is 0 Å². The van der Waals surface area contributed by atoms with Crippen molar-refractivity contribution in [3.8, 4) is 0 Å². The average molecular weight is 1500 g/mol. The molecular weight excluding hydrogens is 1290 g/mol. The second-order valence-electron chi connectivity index (χ2n) is 52.5. The third kappa shape index (κ3) is 36.2. The Bertz CT molecular complexity index is 2270. The predicted octanol–water partition coefficient (Wildman–Crippen LogP) is 36.9. The fourth-order valence-corrected chi connectivity index (χ4v) is 26.7. The molecule has 0 spiro atoms. The van der Waals surface area contributed by atoms with Crippen molar-refractivity contribution in [2.75, 3.05) is 0 Å². The molecule has 13 aliphatic carbocycles. The van der Waals surface area contributed by atoms with E-state index in [0.29, 0.717) is 65.0 Å². The van der Waals surface area contributed by atoms with Crippen LogP contribution in [0.3, 0.4) is 0 Å². The van der Waals surface area contributed by atoms with Gasteiger partial charge in [-0.2, -0.15) is 0 Å². The minimum absolute atomic E-state index is 0.547. The van der Waals surface area contributed by atoms with Crippen molar-refractivity contribution in [2.45, 2.75) is 514 Å². The van der Waals surface area contributed by atoms with Gasteiger partial charge in [0.1, 0.15) is 0 Å². The topological polar surface area (TPSA) is 0 Å². The highest BCUT2D eigenvalue weighted by molar-refractivity contribution is 4.98. The van der Waals surface area contributed by atoms with Crippen LogP contribution in [0.1, 0.15) is 514 Å². The Hall–Kier alpha value is 0. The van der Waals surface area contributed by atoms with E-state index in [0.717, 1.165) is 106 Å². The zero-order chi connectivity index (χ0) is 82.2. The van der Waals surface area contributed by atoms with Gasteiger partial charge in [0.15, 0.2) is 0 Å². The van der Waals surface area contributed by atoms with E-state index in [9.17, 15) is 0 Å². The molecule has 13 fully saturated rings. The molecule has 0 aliphatic heterocycles. The van der Waals surface area contributed by atoms with E-state index in [2.05, 4.69) is 270 Å². The van der Waals surface area contributed by atoms with E-state index in [4.69, 9.17) is 0 Å². The van der Waals surface area contributed by atoms with E-state index in [1.807, 2.05) is 0 Å². The molecule has 0 amide bonds. The summed E-state index contributed by atoms with van der Waals surface area (Å²) in [7, 11) is 0. The smallest absolute Gasteiger partial charge is 0.0297 e. The lowest BCUT2D eigenvalue weighted by Gasteiger charge is -2.49. The van der Waals surface area contributed by atoms with Gasteiger partial charge in [-0.3, -0.25) is 0 Å². The fourth-order valence-electron chi connectivity index (χ4n) is 26.7. The summed E-state index contributed by atoms with van der Waals surface area (Å²) >= 11 is 0. The molecule has 0 aromatic heterocycles. The standard InChI is InChI=1S/2C12H24.2C11H22.2C9H16.3C9H18.2C8H16/c1-10(2)7-11(3,4)9-12(5,6)8-10;1-6-10-7-11(2,3)9-12(4,5)8-10;1-9-6-10(2,3)8-11(4,5)7-9;1-9-10(2,3)7-6-8-11(9,4)5;1-7-5-8-3-4-9(7,2)6-8;1-6-7(2)9-4-3-8(6)5-9;1-8-4-6-9(2,3)7-5-8;1-8-6-4-5-7-9(8,2)3;1-7-5-4-6-8(2)9(7)3;1-8(2,3)7-5-4-6-7;1-3-7(2)8-5-4-6-8/h7-9H2,1-6H3;10H,6-9H2,1-5H3;2*9H,6-8H2,1-5H3;7-8H,3-6H2,1-2H3;6-9H,3-5H2,1-2H3;2*8H,4-7H2,1-3H3;7-9H,4-6H2,1-3H3;7H,4-6H2,1-3H3;7-8H,3-6H2,1-2H3/t;;;;7-,8?,9?;6-,7?,8?,9?;;8-;;;/m....00.1.../s1. The summed E-state index contributed by atoms with van der Waals surface area (Å²) < 4.78 is 0. The molecule has 8 unspecified atom stereocenters. The lowest BCUT2D eigenvalue weighted by atomic mass is 9.56. The van der Waals surface area contributed by atoms with Crippen LogP contribution in [0.2, 0.25) is 0 Å². The molecule has 107 heavy (non-hydrogen) atoms. The molecule has 0 aromatic rings. The first kappa shape index (κ1) is 101. The van der Waals surface area contributed by atoms with Gasteiger partial charge in [-0.1, -0.05) is 366 Å². The first-order chi connectivity index (χ1) is 48.5. The predicted molar refractivity (Wildman–Crippen MR) is 488 cm³/mol. The lowest BCUT2D eigenvalue weighted by Crippen LogP contribution is -2.38. The Morgan fingerprint density at radius 1 is 0.327 bits per heavy atom. The molecule has 0 radical (unpaired) electrons. The van der Waals surface area contributed by atoms with Crippen LogP contribution < -0.4 is 0 Å². The van der Waals surface area contributed by atoms with Crippen LogP contribution in [-0.2, 0) is 0 Å². The SMILES string of the molecule is CC(C)(C)C1CCC1.CC1(C)CC(C)(C)CC(C)(C)C1.CC1C(C)(C)CCCC1(C)C.CC1C2CCC(C2)[C@H]1C.CC1CC(C)(C)CC(C)(C)C1.CC1CCC(C)(C)CC1.CC1CCCC(C)C1C.CCC(C)C1CCC1.CCC1CC(C)(C)CC(C)(C)C1.C[C@@H]1CCCCC1(C)C.C[C@H]1CC2CCC1(C)C2. The zero-order valence-electron chi connectivity index (χ0n) is 82.2. The monoisotopic (exact) mass is 1500 g/mol. The maximum atomic E-state index is 2.48. The number of hydrogen-bond acceptors (Lipinski definition) is 0. The number of hydrogen-bond donors (Lipinski definition) is 0. The van der Waals surface area contributed by atoms with Crippen molar-refractivity contribution in [3.63, 3.8) is 0 Å². The molecule has 13 rings (SSSR count). The fraction of sp³-hybridized carbons (Fsp3) is 1.00. The lowest BCUT2D eigenvalue weighted by molar-refractivity contribution is 0.0202. The third-order valence-electron chi connectivity index (χ3n) is 34.1. The maximum absolute atomic E-state index is 2.48. The van der Waals surface area contributed by atoms with Gasteiger partial charge < -0.3 is 0 Å². The van der Waals surface area contributed by atoms with Crippen LogP contribution in [0.25, 0.3) is 0 Å². The Labute approximate surface area is 680 Å². The van der Waals surface area contributed by atoms with Crippen LogP contribution in [0.5, 0.6) is 0 Å². The normalized spacial score (nSPS) is 35.1. The Morgan fingerprint density at radius 2 is 0.729 bits per heavy atom. The third-order valence-corrected chi connectivity index (χ3v) is 34.1. The summed E-state index contributed by atoms with van der Waals surface area (Å²) in [5.74, 6) is 17.2. The van der Waals surface area contributed by atoms with Crippen LogP contribution in [0, 0.1) is 171 Å². The number of rotatable bonds is 3.